The van der Waals surface area contributed by atoms with Crippen molar-refractivity contribution in [2.24, 2.45) is 0 Å². The number of urea groups is 2. The minimum absolute atomic E-state index is 0.0153. The van der Waals surface area contributed by atoms with Crippen molar-refractivity contribution in [1.29, 1.82) is 0 Å². The second kappa shape index (κ2) is 19.5. The highest BCUT2D eigenvalue weighted by atomic mass is 32.2. The van der Waals surface area contributed by atoms with E-state index < -0.39 is 44.2 Å². The van der Waals surface area contributed by atoms with Gasteiger partial charge in [0.15, 0.2) is 0 Å². The van der Waals surface area contributed by atoms with E-state index in [1.807, 2.05) is 0 Å². The van der Waals surface area contributed by atoms with Crippen LogP contribution in [0.15, 0.2) is 192 Å². The number of benzene rings is 7. The molecule has 4 amide bonds. The minimum atomic E-state index is -4.10. The summed E-state index contributed by atoms with van der Waals surface area (Å²) in [5, 5.41) is 10.4. The molecule has 0 aliphatic rings. The molecule has 0 radical (unpaired) electrons. The Morgan fingerprint density at radius 1 is 0.344 bits per heavy atom. The summed E-state index contributed by atoms with van der Waals surface area (Å²) in [6.45, 7) is 0. The third-order valence-corrected chi connectivity index (χ3v) is 11.1. The highest BCUT2D eigenvalue weighted by Crippen LogP contribution is 2.26. The summed E-state index contributed by atoms with van der Waals surface area (Å²) in [7, 11) is -8.19. The molecular formula is C46H34N4O12S2. The lowest BCUT2D eigenvalue weighted by molar-refractivity contribution is 0.0720. The molecule has 18 heteroatoms. The lowest BCUT2D eigenvalue weighted by Crippen LogP contribution is -2.19. The molecule has 322 valence electrons. The number of amides is 4. The molecule has 16 nitrogen and oxygen atoms in total. The molecular weight excluding hydrogens is 865 g/mol. The van der Waals surface area contributed by atoms with Gasteiger partial charge in [-0.3, -0.25) is 0 Å². The molecule has 0 aliphatic heterocycles. The van der Waals surface area contributed by atoms with Crippen molar-refractivity contribution in [3.8, 4) is 23.0 Å². The molecule has 0 saturated carbocycles. The average Bonchev–Trinajstić information content (AvgIpc) is 3.27. The lowest BCUT2D eigenvalue weighted by Gasteiger charge is -2.11. The zero-order chi connectivity index (χ0) is 45.1. The van der Waals surface area contributed by atoms with Crippen molar-refractivity contribution in [2.75, 3.05) is 21.3 Å². The van der Waals surface area contributed by atoms with Gasteiger partial charge in [0, 0.05) is 47.0 Å². The summed E-state index contributed by atoms with van der Waals surface area (Å²) in [6, 6.07) is 43.1. The SMILES string of the molecule is O=C(Nc1cccc(OC(=O)c2ccc(C(=O)Oc3cccc(NC(=O)Nc4cccc(OS(=O)(=O)c5ccccc5)c4)c3)cc2)c1)Nc1cccc(OS(=O)(=O)c2ccccc2)c1. The van der Waals surface area contributed by atoms with E-state index in [4.69, 9.17) is 17.8 Å². The molecule has 7 aromatic carbocycles. The third kappa shape index (κ3) is 11.9. The van der Waals surface area contributed by atoms with Gasteiger partial charge in [-0.05, 0) is 97.1 Å². The van der Waals surface area contributed by atoms with E-state index >= 15 is 0 Å². The number of carbonyl (C=O) groups is 4. The first-order valence-electron chi connectivity index (χ1n) is 18.9. The summed E-state index contributed by atoms with van der Waals surface area (Å²) >= 11 is 0. The van der Waals surface area contributed by atoms with Crippen LogP contribution in [0, 0.1) is 0 Å². The second-order valence-electron chi connectivity index (χ2n) is 13.3. The van der Waals surface area contributed by atoms with Crippen LogP contribution in [0.3, 0.4) is 0 Å². The molecule has 0 atom stereocenters. The zero-order valence-corrected chi connectivity index (χ0v) is 34.7. The van der Waals surface area contributed by atoms with Crippen LogP contribution in [0.2, 0.25) is 0 Å². The summed E-state index contributed by atoms with van der Waals surface area (Å²) in [6.07, 6.45) is 0. The fourth-order valence-corrected chi connectivity index (χ4v) is 7.60. The Balaban J connectivity index is 0.887. The third-order valence-electron chi connectivity index (χ3n) is 8.62. The normalized spacial score (nSPS) is 11.0. The maximum absolute atomic E-state index is 13.0. The van der Waals surface area contributed by atoms with Gasteiger partial charge in [0.1, 0.15) is 32.8 Å². The smallest absolute Gasteiger partial charge is 0.343 e. The summed E-state index contributed by atoms with van der Waals surface area (Å²) in [5.74, 6) is -1.33. The Morgan fingerprint density at radius 3 is 0.969 bits per heavy atom. The molecule has 0 saturated heterocycles. The molecule has 0 aromatic heterocycles. The minimum Gasteiger partial charge on any atom is -0.423 e. The quantitative estimate of drug-likeness (QED) is 0.0456. The summed E-state index contributed by atoms with van der Waals surface area (Å²) < 4.78 is 71.8. The van der Waals surface area contributed by atoms with E-state index in [0.29, 0.717) is 0 Å². The number of ether oxygens (including phenoxy) is 2. The van der Waals surface area contributed by atoms with E-state index in [-0.39, 0.29) is 66.7 Å². The van der Waals surface area contributed by atoms with Gasteiger partial charge in [0.25, 0.3) is 0 Å². The fourth-order valence-electron chi connectivity index (χ4n) is 5.71. The maximum Gasteiger partial charge on any atom is 0.343 e. The summed E-state index contributed by atoms with van der Waals surface area (Å²) in [5.41, 5.74) is 1.25. The van der Waals surface area contributed by atoms with Gasteiger partial charge in [0.2, 0.25) is 0 Å². The van der Waals surface area contributed by atoms with Crippen LogP contribution in [-0.4, -0.2) is 40.8 Å². The van der Waals surface area contributed by atoms with Crippen molar-refractivity contribution in [1.82, 2.24) is 0 Å². The van der Waals surface area contributed by atoms with Crippen molar-refractivity contribution in [3.63, 3.8) is 0 Å². The van der Waals surface area contributed by atoms with Gasteiger partial charge in [0.05, 0.1) is 11.1 Å². The van der Waals surface area contributed by atoms with Gasteiger partial charge < -0.3 is 39.1 Å². The van der Waals surface area contributed by atoms with Crippen LogP contribution in [0.1, 0.15) is 20.7 Å². The van der Waals surface area contributed by atoms with Crippen molar-refractivity contribution >= 4 is 67.0 Å². The highest BCUT2D eigenvalue weighted by molar-refractivity contribution is 7.87. The van der Waals surface area contributed by atoms with E-state index in [1.165, 1.54) is 121 Å². The Kier molecular flexibility index (Phi) is 13.3. The van der Waals surface area contributed by atoms with Gasteiger partial charge in [-0.25, -0.2) is 19.2 Å². The van der Waals surface area contributed by atoms with Gasteiger partial charge >= 0.3 is 44.2 Å². The summed E-state index contributed by atoms with van der Waals surface area (Å²) in [4.78, 5) is 51.5. The zero-order valence-electron chi connectivity index (χ0n) is 33.0. The monoisotopic (exact) mass is 898 g/mol. The Bertz CT molecular complexity index is 2850. The molecule has 7 aromatic rings. The van der Waals surface area contributed by atoms with Gasteiger partial charge in [-0.1, -0.05) is 60.7 Å². The average molecular weight is 899 g/mol. The Hall–Kier alpha value is -8.48. The lowest BCUT2D eigenvalue weighted by atomic mass is 10.1. The Labute approximate surface area is 366 Å². The first kappa shape index (κ1) is 43.6. The van der Waals surface area contributed by atoms with Crippen LogP contribution < -0.4 is 39.1 Å². The number of hydrogen-bond donors (Lipinski definition) is 4. The van der Waals surface area contributed by atoms with Crippen LogP contribution in [0.4, 0.5) is 32.3 Å². The largest absolute Gasteiger partial charge is 0.423 e. The van der Waals surface area contributed by atoms with Gasteiger partial charge in [-0.2, -0.15) is 16.8 Å². The molecule has 0 bridgehead atoms. The van der Waals surface area contributed by atoms with Crippen molar-refractivity contribution in [3.05, 3.63) is 193 Å². The van der Waals surface area contributed by atoms with Crippen LogP contribution in [0.5, 0.6) is 23.0 Å². The predicted molar refractivity (Wildman–Crippen MR) is 236 cm³/mol. The molecule has 0 fully saturated rings. The number of esters is 2. The van der Waals surface area contributed by atoms with E-state index in [2.05, 4.69) is 21.3 Å². The molecule has 4 N–H and O–H groups in total. The van der Waals surface area contributed by atoms with Gasteiger partial charge in [-0.15, -0.1) is 0 Å². The number of nitrogens with one attached hydrogen (secondary N) is 4. The first-order chi connectivity index (χ1) is 30.8. The fraction of sp³-hybridized carbons (Fsp3) is 0. The number of carbonyl (C=O) groups excluding carboxylic acids is 4. The van der Waals surface area contributed by atoms with Crippen LogP contribution in [-0.2, 0) is 20.2 Å². The second-order valence-corrected chi connectivity index (χ2v) is 16.4. The highest BCUT2D eigenvalue weighted by Gasteiger charge is 2.19. The molecule has 0 aliphatic carbocycles. The predicted octanol–water partition coefficient (Wildman–Crippen LogP) is 8.95. The van der Waals surface area contributed by atoms with Crippen LogP contribution in [0.25, 0.3) is 0 Å². The Morgan fingerprint density at radius 2 is 0.641 bits per heavy atom. The standard InChI is InChI=1S/C46H34N4O12S2/c51-43(59-37-15-7-11-33(27-37)47-45(53)49-35-13-9-17-39(29-35)61-63(55,56)41-19-3-1-4-20-41)31-23-25-32(26-24-31)44(52)60-38-16-8-12-34(28-38)48-46(54)50-36-14-10-18-40(30-36)62-64(57,58)42-21-5-2-6-22-42/h1-30H,(H2,47,49,53)(H2,48,50,54). The molecule has 0 unspecified atom stereocenters. The van der Waals surface area contributed by atoms with E-state index in [1.54, 1.807) is 60.7 Å². The van der Waals surface area contributed by atoms with Crippen molar-refractivity contribution < 1.29 is 53.9 Å². The van der Waals surface area contributed by atoms with E-state index in [9.17, 15) is 36.0 Å². The topological polar surface area (TPSA) is 222 Å². The number of hydrogen-bond acceptors (Lipinski definition) is 12. The number of anilines is 4. The molecule has 7 rings (SSSR count). The molecule has 64 heavy (non-hydrogen) atoms. The maximum atomic E-state index is 13.0. The van der Waals surface area contributed by atoms with Crippen LogP contribution >= 0.6 is 0 Å². The van der Waals surface area contributed by atoms with Crippen molar-refractivity contribution in [2.45, 2.75) is 9.79 Å². The molecule has 0 spiro atoms. The number of rotatable bonds is 14. The molecule has 0 heterocycles. The van der Waals surface area contributed by atoms with E-state index in [0.717, 1.165) is 0 Å². The first-order valence-corrected chi connectivity index (χ1v) is 21.7.